The zero-order chi connectivity index (χ0) is 28.2. The molecule has 2 aliphatic rings. The van der Waals surface area contributed by atoms with Gasteiger partial charge in [-0.1, -0.05) is 6.07 Å². The summed E-state index contributed by atoms with van der Waals surface area (Å²) in [5.41, 5.74) is 4.49. The normalized spacial score (nSPS) is 16.3. The molecule has 5 aromatic rings. The monoisotopic (exact) mass is 556 g/mol. The van der Waals surface area contributed by atoms with Crippen molar-refractivity contribution in [2.24, 2.45) is 5.92 Å². The number of halogens is 1. The lowest BCUT2D eigenvalue weighted by molar-refractivity contribution is 0.124. The first-order valence-electron chi connectivity index (χ1n) is 14.1. The van der Waals surface area contributed by atoms with Gasteiger partial charge in [0.25, 0.3) is 5.56 Å². The van der Waals surface area contributed by atoms with E-state index >= 15 is 4.39 Å². The Hall–Kier alpha value is -4.38. The highest BCUT2D eigenvalue weighted by atomic mass is 19.1. The summed E-state index contributed by atoms with van der Waals surface area (Å²) in [6.07, 6.45) is 7.49. The van der Waals surface area contributed by atoms with Crippen molar-refractivity contribution in [1.82, 2.24) is 38.8 Å². The fourth-order valence-electron chi connectivity index (χ4n) is 6.61. The molecule has 0 spiro atoms. The van der Waals surface area contributed by atoms with Gasteiger partial charge in [0.05, 0.1) is 28.7 Å². The number of nitrogens with zero attached hydrogens (tertiary/aromatic N) is 6. The van der Waals surface area contributed by atoms with E-state index in [1.54, 1.807) is 6.20 Å². The maximum absolute atomic E-state index is 15.1. The van der Waals surface area contributed by atoms with Crippen LogP contribution >= 0.6 is 0 Å². The summed E-state index contributed by atoms with van der Waals surface area (Å²) in [4.78, 5) is 37.1. The van der Waals surface area contributed by atoms with Gasteiger partial charge in [0.15, 0.2) is 0 Å². The number of hydrogen-bond donors (Lipinski definition) is 2. The molecule has 4 aromatic heterocycles. The number of imidazole rings is 1. The second-order valence-corrected chi connectivity index (χ2v) is 11.5. The number of urea groups is 1. The molecule has 1 fully saturated rings. The minimum absolute atomic E-state index is 0.0153. The number of fused-ring (bicyclic) bond motifs is 1. The van der Waals surface area contributed by atoms with Crippen molar-refractivity contribution >= 4 is 22.6 Å². The van der Waals surface area contributed by atoms with E-state index in [1.807, 2.05) is 44.8 Å². The number of rotatable bonds is 4. The molecule has 6 heterocycles. The first-order valence-corrected chi connectivity index (χ1v) is 14.1. The maximum Gasteiger partial charge on any atom is 0.320 e. The van der Waals surface area contributed by atoms with E-state index in [0.29, 0.717) is 47.9 Å². The molecule has 41 heavy (non-hydrogen) atoms. The van der Waals surface area contributed by atoms with Gasteiger partial charge in [-0.2, -0.15) is 0 Å². The lowest BCUT2D eigenvalue weighted by Gasteiger charge is -2.36. The van der Waals surface area contributed by atoms with Crippen LogP contribution in [0.5, 0.6) is 0 Å². The van der Waals surface area contributed by atoms with Gasteiger partial charge in [0, 0.05) is 62.6 Å². The van der Waals surface area contributed by atoms with Crippen LogP contribution in [0, 0.1) is 11.7 Å². The lowest BCUT2D eigenvalue weighted by atomic mass is 9.96. The number of amides is 2. The van der Waals surface area contributed by atoms with Crippen molar-refractivity contribution in [2.75, 3.05) is 40.3 Å². The number of carbonyl (C=O) groups excluding carboxylic acids is 1. The molecule has 7 rings (SSSR count). The van der Waals surface area contributed by atoms with Gasteiger partial charge in [-0.15, -0.1) is 0 Å². The van der Waals surface area contributed by atoms with Crippen LogP contribution in [0.4, 0.5) is 9.18 Å². The van der Waals surface area contributed by atoms with E-state index in [4.69, 9.17) is 0 Å². The topological polar surface area (TPSA) is 97.7 Å². The lowest BCUT2D eigenvalue weighted by Crippen LogP contribution is -2.47. The number of nitrogens with one attached hydrogen (secondary N) is 2. The second kappa shape index (κ2) is 9.91. The molecule has 11 heteroatoms. The molecule has 212 valence electrons. The van der Waals surface area contributed by atoms with Gasteiger partial charge in [-0.25, -0.2) is 14.2 Å². The Morgan fingerprint density at radius 2 is 1.93 bits per heavy atom. The Labute approximate surface area is 236 Å². The number of piperidine rings is 1. The van der Waals surface area contributed by atoms with Crippen LogP contribution in [0.2, 0.25) is 0 Å². The highest BCUT2D eigenvalue weighted by Gasteiger charge is 2.30. The SMILES string of the molecule is CN(C)CC1CCN(C(=O)N2CCn3cc(-c4[nH][nH]c(=O)c4-c4cnc5ccccn45)c4cc(F)cc(c43)C2)CC1. The first-order chi connectivity index (χ1) is 19.9. The summed E-state index contributed by atoms with van der Waals surface area (Å²) >= 11 is 0. The van der Waals surface area contributed by atoms with Crippen LogP contribution in [0.3, 0.4) is 0 Å². The van der Waals surface area contributed by atoms with Gasteiger partial charge in [0.2, 0.25) is 0 Å². The van der Waals surface area contributed by atoms with Crippen LogP contribution in [-0.4, -0.2) is 85.2 Å². The average Bonchev–Trinajstić information content (AvgIpc) is 3.61. The second-order valence-electron chi connectivity index (χ2n) is 11.5. The molecule has 1 aromatic carbocycles. The Bertz CT molecular complexity index is 1820. The van der Waals surface area contributed by atoms with Gasteiger partial charge in [0.1, 0.15) is 11.5 Å². The Morgan fingerprint density at radius 3 is 2.73 bits per heavy atom. The Balaban J connectivity index is 1.23. The van der Waals surface area contributed by atoms with Gasteiger partial charge >= 0.3 is 6.03 Å². The number of aromatic nitrogens is 5. The third kappa shape index (κ3) is 4.40. The number of aromatic amines is 2. The van der Waals surface area contributed by atoms with E-state index < -0.39 is 0 Å². The van der Waals surface area contributed by atoms with Crippen molar-refractivity contribution in [3.05, 3.63) is 70.7 Å². The zero-order valence-corrected chi connectivity index (χ0v) is 23.2. The smallest absolute Gasteiger partial charge is 0.320 e. The van der Waals surface area contributed by atoms with Gasteiger partial charge < -0.3 is 19.3 Å². The predicted octanol–water partition coefficient (Wildman–Crippen LogP) is 3.99. The van der Waals surface area contributed by atoms with Crippen molar-refractivity contribution in [2.45, 2.75) is 25.9 Å². The molecular formula is C30H33FN8O2. The molecule has 0 aliphatic carbocycles. The molecule has 0 atom stereocenters. The van der Waals surface area contributed by atoms with Crippen molar-refractivity contribution in [3.8, 4) is 22.5 Å². The fourth-order valence-corrected chi connectivity index (χ4v) is 6.61. The minimum Gasteiger partial charge on any atom is -0.345 e. The standard InChI is InChI=1S/C30H33FN8O2/c1-35(2)16-19-6-9-36(10-7-19)30(41)38-12-11-37-18-23(22-14-21(31)13-20(17-38)28(22)37)27-26(29(40)34-33-27)24-15-32-25-5-3-4-8-39(24)25/h3-5,8,13-15,18-19H,6-7,9-12,16-17H2,1-2H3,(H2,33,34,40). The largest absolute Gasteiger partial charge is 0.345 e. The van der Waals surface area contributed by atoms with Gasteiger partial charge in [-0.05, 0) is 62.7 Å². The summed E-state index contributed by atoms with van der Waals surface area (Å²) < 4.78 is 19.1. The number of H-pyrrole nitrogens is 2. The fraction of sp³-hybridized carbons (Fsp3) is 0.367. The molecule has 2 amide bonds. The molecule has 0 unspecified atom stereocenters. The van der Waals surface area contributed by atoms with E-state index in [2.05, 4.69) is 38.7 Å². The van der Waals surface area contributed by atoms with E-state index in [-0.39, 0.29) is 17.4 Å². The molecule has 0 bridgehead atoms. The van der Waals surface area contributed by atoms with Crippen LogP contribution in [-0.2, 0) is 13.1 Å². The molecule has 0 radical (unpaired) electrons. The molecular weight excluding hydrogens is 523 g/mol. The third-order valence-electron chi connectivity index (χ3n) is 8.49. The van der Waals surface area contributed by atoms with Crippen molar-refractivity contribution in [1.29, 1.82) is 0 Å². The number of pyridine rings is 1. The predicted molar refractivity (Wildman–Crippen MR) is 155 cm³/mol. The summed E-state index contributed by atoms with van der Waals surface area (Å²) in [6, 6.07) is 8.72. The number of benzene rings is 1. The highest BCUT2D eigenvalue weighted by Crippen LogP contribution is 2.37. The molecule has 1 saturated heterocycles. The minimum atomic E-state index is -0.375. The van der Waals surface area contributed by atoms with Gasteiger partial charge in [-0.3, -0.25) is 19.4 Å². The molecule has 2 aliphatic heterocycles. The van der Waals surface area contributed by atoms with Crippen LogP contribution < -0.4 is 5.56 Å². The highest BCUT2D eigenvalue weighted by molar-refractivity contribution is 6.00. The van der Waals surface area contributed by atoms with E-state index in [0.717, 1.165) is 54.8 Å². The molecule has 10 nitrogen and oxygen atoms in total. The third-order valence-corrected chi connectivity index (χ3v) is 8.49. The van der Waals surface area contributed by atoms with Crippen molar-refractivity contribution < 1.29 is 9.18 Å². The number of hydrogen-bond acceptors (Lipinski definition) is 4. The Morgan fingerprint density at radius 1 is 1.10 bits per heavy atom. The van der Waals surface area contributed by atoms with Crippen LogP contribution in [0.1, 0.15) is 18.4 Å². The summed E-state index contributed by atoms with van der Waals surface area (Å²) in [5, 5.41) is 6.47. The Kier molecular flexibility index (Phi) is 6.19. The number of likely N-dealkylation sites (tertiary alicyclic amines) is 1. The summed E-state index contributed by atoms with van der Waals surface area (Å²) in [5.74, 6) is 0.227. The molecule has 0 saturated carbocycles. The first kappa shape index (κ1) is 25.6. The van der Waals surface area contributed by atoms with E-state index in [9.17, 15) is 9.59 Å². The molecule has 2 N–H and O–H groups in total. The average molecular weight is 557 g/mol. The van der Waals surface area contributed by atoms with Crippen LogP contribution in [0.25, 0.3) is 39.1 Å². The van der Waals surface area contributed by atoms with Crippen LogP contribution in [0.15, 0.2) is 53.7 Å². The summed E-state index contributed by atoms with van der Waals surface area (Å²) in [6.45, 7) is 3.94. The number of carbonyl (C=O) groups is 1. The van der Waals surface area contributed by atoms with E-state index in [1.165, 1.54) is 12.1 Å². The maximum atomic E-state index is 15.1. The summed E-state index contributed by atoms with van der Waals surface area (Å²) in [7, 11) is 4.17. The van der Waals surface area contributed by atoms with Crippen molar-refractivity contribution in [3.63, 3.8) is 0 Å². The quantitative estimate of drug-likeness (QED) is 0.350. The zero-order valence-electron chi connectivity index (χ0n) is 23.2.